The van der Waals surface area contributed by atoms with Gasteiger partial charge in [0, 0.05) is 12.5 Å². The van der Waals surface area contributed by atoms with Crippen molar-refractivity contribution in [1.29, 1.82) is 0 Å². The van der Waals surface area contributed by atoms with E-state index in [1.54, 1.807) is 0 Å². The van der Waals surface area contributed by atoms with Crippen LogP contribution in [-0.4, -0.2) is 17.3 Å². The summed E-state index contributed by atoms with van der Waals surface area (Å²) in [6.07, 6.45) is 0.510. The van der Waals surface area contributed by atoms with Crippen LogP contribution in [0.1, 0.15) is 31.0 Å². The molecule has 2 rings (SSSR count). The lowest BCUT2D eigenvalue weighted by Gasteiger charge is -2.20. The predicted molar refractivity (Wildman–Crippen MR) is 57.2 cm³/mol. The second kappa shape index (κ2) is 3.71. The highest BCUT2D eigenvalue weighted by atomic mass is 16.3. The van der Waals surface area contributed by atoms with Gasteiger partial charge >= 0.3 is 0 Å². The van der Waals surface area contributed by atoms with Gasteiger partial charge in [-0.15, -0.1) is 0 Å². The number of rotatable bonds is 2. The average molecular weight is 191 g/mol. The SMILES string of the molecule is CC(C)NC1c2ccccc2CC1O. The Labute approximate surface area is 85.0 Å². The molecule has 2 heteroatoms. The van der Waals surface area contributed by atoms with Crippen LogP contribution in [0.5, 0.6) is 0 Å². The maximum atomic E-state index is 9.90. The van der Waals surface area contributed by atoms with Crippen LogP contribution in [0.2, 0.25) is 0 Å². The quantitative estimate of drug-likeness (QED) is 0.745. The Kier molecular flexibility index (Phi) is 2.57. The van der Waals surface area contributed by atoms with Gasteiger partial charge in [0.25, 0.3) is 0 Å². The van der Waals surface area contributed by atoms with Gasteiger partial charge in [-0.1, -0.05) is 38.1 Å². The van der Waals surface area contributed by atoms with Crippen molar-refractivity contribution >= 4 is 0 Å². The third-order valence-electron chi connectivity index (χ3n) is 2.72. The Hall–Kier alpha value is -0.860. The summed E-state index contributed by atoms with van der Waals surface area (Å²) >= 11 is 0. The minimum atomic E-state index is -0.269. The summed E-state index contributed by atoms with van der Waals surface area (Å²) in [5, 5.41) is 13.3. The van der Waals surface area contributed by atoms with Crippen LogP contribution in [0.15, 0.2) is 24.3 Å². The van der Waals surface area contributed by atoms with Crippen LogP contribution in [0.4, 0.5) is 0 Å². The number of aliphatic hydroxyl groups excluding tert-OH is 1. The van der Waals surface area contributed by atoms with E-state index in [2.05, 4.69) is 31.3 Å². The van der Waals surface area contributed by atoms with Gasteiger partial charge in [0.15, 0.2) is 0 Å². The smallest absolute Gasteiger partial charge is 0.0775 e. The largest absolute Gasteiger partial charge is 0.391 e. The Morgan fingerprint density at radius 1 is 1.36 bits per heavy atom. The Balaban J connectivity index is 2.25. The molecule has 0 amide bonds. The fraction of sp³-hybridized carbons (Fsp3) is 0.500. The van der Waals surface area contributed by atoms with E-state index in [1.165, 1.54) is 11.1 Å². The molecule has 2 N–H and O–H groups in total. The van der Waals surface area contributed by atoms with Crippen LogP contribution < -0.4 is 5.32 Å². The highest BCUT2D eigenvalue weighted by Crippen LogP contribution is 2.31. The molecule has 2 atom stereocenters. The second-order valence-electron chi connectivity index (χ2n) is 4.27. The van der Waals surface area contributed by atoms with Crippen LogP contribution >= 0.6 is 0 Å². The van der Waals surface area contributed by atoms with Crippen LogP contribution in [0.25, 0.3) is 0 Å². The van der Waals surface area contributed by atoms with Crippen molar-refractivity contribution in [2.45, 2.75) is 38.5 Å². The van der Waals surface area contributed by atoms with Gasteiger partial charge in [-0.3, -0.25) is 0 Å². The van der Waals surface area contributed by atoms with E-state index in [0.29, 0.717) is 6.04 Å². The summed E-state index contributed by atoms with van der Waals surface area (Å²) < 4.78 is 0. The predicted octanol–water partition coefficient (Wildman–Crippen LogP) is 1.64. The number of hydrogen-bond acceptors (Lipinski definition) is 2. The summed E-state index contributed by atoms with van der Waals surface area (Å²) in [5.74, 6) is 0. The lowest BCUT2D eigenvalue weighted by atomic mass is 10.1. The van der Waals surface area contributed by atoms with E-state index in [4.69, 9.17) is 0 Å². The van der Waals surface area contributed by atoms with E-state index >= 15 is 0 Å². The summed E-state index contributed by atoms with van der Waals surface area (Å²) in [6.45, 7) is 4.21. The average Bonchev–Trinajstić information content (AvgIpc) is 2.43. The van der Waals surface area contributed by atoms with Gasteiger partial charge in [-0.25, -0.2) is 0 Å². The first-order valence-electron chi connectivity index (χ1n) is 5.20. The number of hydrogen-bond donors (Lipinski definition) is 2. The van der Waals surface area contributed by atoms with E-state index in [0.717, 1.165) is 6.42 Å². The minimum absolute atomic E-state index is 0.117. The van der Waals surface area contributed by atoms with Gasteiger partial charge in [0.1, 0.15) is 0 Å². The molecular weight excluding hydrogens is 174 g/mol. The van der Waals surface area contributed by atoms with Gasteiger partial charge in [-0.2, -0.15) is 0 Å². The number of aliphatic hydroxyl groups is 1. The van der Waals surface area contributed by atoms with Crippen LogP contribution in [0, 0.1) is 0 Å². The highest BCUT2D eigenvalue weighted by Gasteiger charge is 2.30. The molecule has 2 nitrogen and oxygen atoms in total. The number of nitrogens with one attached hydrogen (secondary N) is 1. The van der Waals surface area contributed by atoms with Crippen molar-refractivity contribution in [1.82, 2.24) is 5.32 Å². The lowest BCUT2D eigenvalue weighted by Crippen LogP contribution is -2.33. The Bertz CT molecular complexity index is 322. The standard InChI is InChI=1S/C12H17NO/c1-8(2)13-12-10-6-4-3-5-9(10)7-11(12)14/h3-6,8,11-14H,7H2,1-2H3. The first kappa shape index (κ1) is 9.69. The molecule has 0 spiro atoms. The van der Waals surface area contributed by atoms with E-state index < -0.39 is 0 Å². The molecule has 0 saturated heterocycles. The molecule has 0 saturated carbocycles. The maximum absolute atomic E-state index is 9.90. The molecule has 1 aromatic rings. The van der Waals surface area contributed by atoms with Gasteiger partial charge in [0.05, 0.1) is 12.1 Å². The third-order valence-corrected chi connectivity index (χ3v) is 2.72. The highest BCUT2D eigenvalue weighted by molar-refractivity contribution is 5.36. The Morgan fingerprint density at radius 3 is 2.79 bits per heavy atom. The zero-order valence-electron chi connectivity index (χ0n) is 8.70. The fourth-order valence-electron chi connectivity index (χ4n) is 2.13. The zero-order chi connectivity index (χ0) is 10.1. The monoisotopic (exact) mass is 191 g/mol. The van der Waals surface area contributed by atoms with E-state index in [-0.39, 0.29) is 12.1 Å². The zero-order valence-corrected chi connectivity index (χ0v) is 8.70. The molecule has 0 aromatic heterocycles. The molecule has 0 aliphatic heterocycles. The fourth-order valence-corrected chi connectivity index (χ4v) is 2.13. The number of benzene rings is 1. The van der Waals surface area contributed by atoms with Crippen LogP contribution in [0.3, 0.4) is 0 Å². The van der Waals surface area contributed by atoms with Crippen molar-refractivity contribution < 1.29 is 5.11 Å². The minimum Gasteiger partial charge on any atom is -0.391 e. The van der Waals surface area contributed by atoms with Gasteiger partial charge in [0.2, 0.25) is 0 Å². The van der Waals surface area contributed by atoms with Crippen LogP contribution in [-0.2, 0) is 6.42 Å². The van der Waals surface area contributed by atoms with Crippen molar-refractivity contribution in [3.05, 3.63) is 35.4 Å². The Morgan fingerprint density at radius 2 is 2.07 bits per heavy atom. The summed E-state index contributed by atoms with van der Waals surface area (Å²) in [6, 6.07) is 8.79. The van der Waals surface area contributed by atoms with Crippen molar-refractivity contribution in [2.24, 2.45) is 0 Å². The molecule has 0 radical (unpaired) electrons. The molecule has 76 valence electrons. The lowest BCUT2D eigenvalue weighted by molar-refractivity contribution is 0.137. The molecule has 1 aliphatic rings. The molecule has 14 heavy (non-hydrogen) atoms. The maximum Gasteiger partial charge on any atom is 0.0775 e. The molecule has 0 heterocycles. The molecule has 0 fully saturated rings. The summed E-state index contributed by atoms with van der Waals surface area (Å²) in [5.41, 5.74) is 2.53. The topological polar surface area (TPSA) is 32.3 Å². The first-order valence-corrected chi connectivity index (χ1v) is 5.20. The van der Waals surface area contributed by atoms with E-state index in [9.17, 15) is 5.11 Å². The normalized spacial score (nSPS) is 25.4. The van der Waals surface area contributed by atoms with Gasteiger partial charge < -0.3 is 10.4 Å². The number of fused-ring (bicyclic) bond motifs is 1. The molecular formula is C12H17NO. The third kappa shape index (κ3) is 1.68. The van der Waals surface area contributed by atoms with Crippen molar-refractivity contribution in [2.75, 3.05) is 0 Å². The van der Waals surface area contributed by atoms with Crippen molar-refractivity contribution in [3.8, 4) is 0 Å². The van der Waals surface area contributed by atoms with Gasteiger partial charge in [-0.05, 0) is 11.1 Å². The summed E-state index contributed by atoms with van der Waals surface area (Å²) in [4.78, 5) is 0. The molecule has 1 aliphatic carbocycles. The van der Waals surface area contributed by atoms with E-state index in [1.807, 2.05) is 12.1 Å². The molecule has 2 unspecified atom stereocenters. The first-order chi connectivity index (χ1) is 6.68. The van der Waals surface area contributed by atoms with Crippen molar-refractivity contribution in [3.63, 3.8) is 0 Å². The second-order valence-corrected chi connectivity index (χ2v) is 4.27. The molecule has 0 bridgehead atoms. The summed E-state index contributed by atoms with van der Waals surface area (Å²) in [7, 11) is 0. The molecule has 1 aromatic carbocycles.